The zero-order valence-corrected chi connectivity index (χ0v) is 14.0. The van der Waals surface area contributed by atoms with Gasteiger partial charge < -0.3 is 15.2 Å². The molecule has 126 valence electrons. The minimum Gasteiger partial charge on any atom is -0.481 e. The number of hydrogen-bond acceptors (Lipinski definition) is 3. The number of ether oxygens (including phenoxy) is 1. The molecule has 1 fully saturated rings. The maximum atomic E-state index is 12.5. The Balaban J connectivity index is 1.98. The minimum atomic E-state index is -0.794. The molecular weight excluding hydrogens is 318 g/mol. The van der Waals surface area contributed by atoms with Gasteiger partial charge in [0.1, 0.15) is 5.75 Å². The fourth-order valence-corrected chi connectivity index (χ4v) is 2.98. The van der Waals surface area contributed by atoms with Gasteiger partial charge in [0, 0.05) is 11.1 Å². The third kappa shape index (κ3) is 4.86. The van der Waals surface area contributed by atoms with Crippen molar-refractivity contribution in [3.63, 3.8) is 0 Å². The second-order valence-electron chi connectivity index (χ2n) is 6.29. The lowest BCUT2D eigenvalue weighted by atomic mass is 10.1. The first-order valence-electron chi connectivity index (χ1n) is 7.82. The molecule has 1 unspecified atom stereocenters. The number of hydrogen-bond donors (Lipinski definition) is 2. The van der Waals surface area contributed by atoms with Gasteiger partial charge in [0.25, 0.3) is 5.91 Å². The van der Waals surface area contributed by atoms with Crippen LogP contribution in [-0.4, -0.2) is 29.1 Å². The molecule has 3 atom stereocenters. The van der Waals surface area contributed by atoms with Gasteiger partial charge >= 0.3 is 5.97 Å². The number of aliphatic carboxylic acids is 1. The van der Waals surface area contributed by atoms with Gasteiger partial charge in [-0.15, -0.1) is 0 Å². The van der Waals surface area contributed by atoms with Gasteiger partial charge in [0.15, 0.2) is 6.10 Å². The first-order valence-corrected chi connectivity index (χ1v) is 8.20. The summed E-state index contributed by atoms with van der Waals surface area (Å²) in [6.07, 6.45) is 1.12. The summed E-state index contributed by atoms with van der Waals surface area (Å²) in [4.78, 5) is 23.5. The van der Waals surface area contributed by atoms with Gasteiger partial charge in [-0.3, -0.25) is 9.59 Å². The lowest BCUT2D eigenvalue weighted by Gasteiger charge is -2.24. The van der Waals surface area contributed by atoms with E-state index < -0.39 is 12.1 Å². The number of nitrogens with one attached hydrogen (secondary N) is 1. The lowest BCUT2D eigenvalue weighted by Crippen LogP contribution is -2.45. The Morgan fingerprint density at radius 2 is 2.09 bits per heavy atom. The highest BCUT2D eigenvalue weighted by Gasteiger charge is 2.33. The molecule has 6 heteroatoms. The summed E-state index contributed by atoms with van der Waals surface area (Å²) in [5.41, 5.74) is 0. The molecule has 0 bridgehead atoms. The average Bonchev–Trinajstić information content (AvgIpc) is 2.93. The largest absolute Gasteiger partial charge is 0.481 e. The van der Waals surface area contributed by atoms with Gasteiger partial charge in [-0.05, 0) is 43.4 Å². The van der Waals surface area contributed by atoms with Crippen LogP contribution in [0.3, 0.4) is 0 Å². The highest BCUT2D eigenvalue weighted by Crippen LogP contribution is 2.26. The van der Waals surface area contributed by atoms with Gasteiger partial charge in [-0.2, -0.15) is 0 Å². The lowest BCUT2D eigenvalue weighted by molar-refractivity contribution is -0.141. The summed E-state index contributed by atoms with van der Waals surface area (Å²) in [7, 11) is 0. The van der Waals surface area contributed by atoms with Crippen LogP contribution in [0, 0.1) is 11.8 Å². The topological polar surface area (TPSA) is 75.6 Å². The molecule has 0 saturated heterocycles. The van der Waals surface area contributed by atoms with Gasteiger partial charge in [-0.25, -0.2) is 0 Å². The smallest absolute Gasteiger partial charge is 0.306 e. The van der Waals surface area contributed by atoms with Crippen LogP contribution in [-0.2, 0) is 9.59 Å². The zero-order chi connectivity index (χ0) is 17.0. The number of carboxylic acid groups (broad SMARTS) is 1. The van der Waals surface area contributed by atoms with Crippen LogP contribution in [0.4, 0.5) is 0 Å². The maximum absolute atomic E-state index is 12.5. The summed E-state index contributed by atoms with van der Waals surface area (Å²) >= 11 is 5.93. The van der Waals surface area contributed by atoms with E-state index in [1.165, 1.54) is 0 Å². The van der Waals surface area contributed by atoms with E-state index in [0.29, 0.717) is 30.0 Å². The van der Waals surface area contributed by atoms with Crippen molar-refractivity contribution < 1.29 is 19.4 Å². The monoisotopic (exact) mass is 339 g/mol. The average molecular weight is 340 g/mol. The van der Waals surface area contributed by atoms with Crippen LogP contribution < -0.4 is 10.1 Å². The molecule has 0 radical (unpaired) electrons. The summed E-state index contributed by atoms with van der Waals surface area (Å²) in [5, 5.41) is 12.5. The Morgan fingerprint density at radius 3 is 2.65 bits per heavy atom. The third-order valence-corrected chi connectivity index (χ3v) is 4.29. The molecular formula is C17H22ClNO4. The van der Waals surface area contributed by atoms with Crippen molar-refractivity contribution in [3.8, 4) is 5.75 Å². The van der Waals surface area contributed by atoms with E-state index in [2.05, 4.69) is 5.32 Å². The Kier molecular flexibility index (Phi) is 5.88. The molecule has 0 spiro atoms. The van der Waals surface area contributed by atoms with Crippen LogP contribution in [0.15, 0.2) is 24.3 Å². The van der Waals surface area contributed by atoms with Crippen LogP contribution in [0.2, 0.25) is 5.02 Å². The second-order valence-corrected chi connectivity index (χ2v) is 6.73. The number of halogens is 1. The van der Waals surface area contributed by atoms with Crippen LogP contribution in [0.5, 0.6) is 5.75 Å². The fourth-order valence-electron chi connectivity index (χ4n) is 2.80. The van der Waals surface area contributed by atoms with E-state index in [-0.39, 0.29) is 23.8 Å². The molecule has 1 aliphatic carbocycles. The van der Waals surface area contributed by atoms with Gasteiger partial charge in [0.05, 0.1) is 5.92 Å². The molecule has 1 amide bonds. The van der Waals surface area contributed by atoms with Crippen molar-refractivity contribution in [2.45, 2.75) is 45.3 Å². The molecule has 0 aliphatic heterocycles. The zero-order valence-electron chi connectivity index (χ0n) is 13.3. The molecule has 1 aliphatic rings. The predicted molar refractivity (Wildman–Crippen MR) is 87.6 cm³/mol. The van der Waals surface area contributed by atoms with Crippen molar-refractivity contribution in [2.24, 2.45) is 11.8 Å². The summed E-state index contributed by atoms with van der Waals surface area (Å²) < 4.78 is 5.79. The van der Waals surface area contributed by atoms with Crippen molar-refractivity contribution in [1.82, 2.24) is 5.32 Å². The van der Waals surface area contributed by atoms with Gasteiger partial charge in [0.2, 0.25) is 0 Å². The standard InChI is InChI=1S/C17H22ClNO4/c1-10(2)15(23-14-5-3-4-12(18)9-14)16(20)19-13-7-6-11(8-13)17(21)22/h3-5,9-11,13,15H,6-8H2,1-2H3,(H,19,20)(H,21,22)/t11-,13+,15?/m0/s1. The molecule has 1 saturated carbocycles. The normalized spacial score (nSPS) is 21.9. The molecule has 1 aromatic rings. The first-order chi connectivity index (χ1) is 10.9. The number of amides is 1. The third-order valence-electron chi connectivity index (χ3n) is 4.05. The van der Waals surface area contributed by atoms with E-state index in [4.69, 9.17) is 21.4 Å². The number of carboxylic acids is 1. The van der Waals surface area contributed by atoms with Crippen LogP contribution in [0.1, 0.15) is 33.1 Å². The van der Waals surface area contributed by atoms with Crippen molar-refractivity contribution in [1.29, 1.82) is 0 Å². The van der Waals surface area contributed by atoms with Crippen molar-refractivity contribution in [2.75, 3.05) is 0 Å². The Hall–Kier alpha value is -1.75. The number of carbonyl (C=O) groups excluding carboxylic acids is 1. The van der Waals surface area contributed by atoms with Crippen LogP contribution in [0.25, 0.3) is 0 Å². The van der Waals surface area contributed by atoms with Gasteiger partial charge in [-0.1, -0.05) is 31.5 Å². The molecule has 1 aromatic carbocycles. The van der Waals surface area contributed by atoms with E-state index >= 15 is 0 Å². The highest BCUT2D eigenvalue weighted by molar-refractivity contribution is 6.30. The van der Waals surface area contributed by atoms with E-state index in [1.54, 1.807) is 24.3 Å². The molecule has 5 nitrogen and oxygen atoms in total. The van der Waals surface area contributed by atoms with E-state index in [0.717, 1.165) is 0 Å². The number of benzene rings is 1. The van der Waals surface area contributed by atoms with E-state index in [1.807, 2.05) is 13.8 Å². The SMILES string of the molecule is CC(C)C(Oc1cccc(Cl)c1)C(=O)N[C@@H]1CC[C@H](C(=O)O)C1. The number of rotatable bonds is 6. The Labute approximate surface area is 141 Å². The first kappa shape index (κ1) is 17.6. The second kappa shape index (κ2) is 7.68. The van der Waals surface area contributed by atoms with Crippen molar-refractivity contribution in [3.05, 3.63) is 29.3 Å². The highest BCUT2D eigenvalue weighted by atomic mass is 35.5. The van der Waals surface area contributed by atoms with Crippen LogP contribution >= 0.6 is 11.6 Å². The summed E-state index contributed by atoms with van der Waals surface area (Å²) in [6, 6.07) is 6.82. The summed E-state index contributed by atoms with van der Waals surface area (Å²) in [5.74, 6) is -0.855. The molecule has 2 N–H and O–H groups in total. The Morgan fingerprint density at radius 1 is 1.35 bits per heavy atom. The maximum Gasteiger partial charge on any atom is 0.306 e. The Bertz CT molecular complexity index is 575. The molecule has 23 heavy (non-hydrogen) atoms. The molecule has 0 aromatic heterocycles. The van der Waals surface area contributed by atoms with E-state index in [9.17, 15) is 9.59 Å². The number of carbonyl (C=O) groups is 2. The fraction of sp³-hybridized carbons (Fsp3) is 0.529. The predicted octanol–water partition coefficient (Wildman–Crippen LogP) is 3.11. The summed E-state index contributed by atoms with van der Waals surface area (Å²) in [6.45, 7) is 3.81. The minimum absolute atomic E-state index is 0.0225. The molecule has 0 heterocycles. The van der Waals surface area contributed by atoms with Crippen molar-refractivity contribution >= 4 is 23.5 Å². The molecule has 2 rings (SSSR count). The quantitative estimate of drug-likeness (QED) is 0.835.